The van der Waals surface area contributed by atoms with Crippen molar-refractivity contribution >= 4 is 5.97 Å². The molecule has 3 fully saturated rings. The van der Waals surface area contributed by atoms with Crippen LogP contribution in [0, 0.1) is 0 Å². The molecule has 0 aromatic rings. The largest absolute Gasteiger partial charge is 0.480 e. The van der Waals surface area contributed by atoms with Crippen LogP contribution < -0.4 is 5.32 Å². The molecule has 1 heterocycles. The third-order valence-electron chi connectivity index (χ3n) is 5.19. The Bertz CT molecular complexity index is 374. The Labute approximate surface area is 127 Å². The van der Waals surface area contributed by atoms with E-state index in [2.05, 4.69) is 15.1 Å². The number of nitrogens with zero attached hydrogens (tertiary/aromatic N) is 2. The molecule has 120 valence electrons. The lowest BCUT2D eigenvalue weighted by atomic mass is 9.95. The Morgan fingerprint density at radius 2 is 1.86 bits per heavy atom. The number of nitrogens with one attached hydrogen (secondary N) is 1. The van der Waals surface area contributed by atoms with Crippen LogP contribution in [0.1, 0.15) is 45.4 Å². The quantitative estimate of drug-likeness (QED) is 0.703. The molecule has 0 bridgehead atoms. The third kappa shape index (κ3) is 4.18. The average molecular weight is 295 g/mol. The number of rotatable bonds is 8. The maximum atomic E-state index is 11.5. The zero-order chi connectivity index (χ0) is 14.9. The second kappa shape index (κ2) is 6.23. The highest BCUT2D eigenvalue weighted by molar-refractivity contribution is 5.78. The first-order chi connectivity index (χ1) is 10.1. The lowest BCUT2D eigenvalue weighted by Gasteiger charge is -2.35. The van der Waals surface area contributed by atoms with Crippen LogP contribution in [0.2, 0.25) is 0 Å². The van der Waals surface area contributed by atoms with Crippen molar-refractivity contribution in [1.82, 2.24) is 15.1 Å². The van der Waals surface area contributed by atoms with Gasteiger partial charge in [0.2, 0.25) is 0 Å². The SMILES string of the molecule is CC(CCCN1CCN(C2CC2)CC1)(NC1CC1)C(=O)O. The maximum absolute atomic E-state index is 11.5. The van der Waals surface area contributed by atoms with E-state index in [0.717, 1.165) is 51.4 Å². The molecule has 5 heteroatoms. The van der Waals surface area contributed by atoms with Gasteiger partial charge < -0.3 is 10.0 Å². The molecule has 2 aliphatic carbocycles. The molecular weight excluding hydrogens is 266 g/mol. The Balaban J connectivity index is 1.37. The van der Waals surface area contributed by atoms with Gasteiger partial charge in [-0.1, -0.05) is 0 Å². The zero-order valence-electron chi connectivity index (χ0n) is 13.2. The first-order valence-corrected chi connectivity index (χ1v) is 8.54. The topological polar surface area (TPSA) is 55.8 Å². The highest BCUT2D eigenvalue weighted by Crippen LogP contribution is 2.28. The van der Waals surface area contributed by atoms with Gasteiger partial charge in [0, 0.05) is 38.3 Å². The van der Waals surface area contributed by atoms with Gasteiger partial charge in [0.25, 0.3) is 0 Å². The molecule has 3 rings (SSSR count). The number of hydrogen-bond acceptors (Lipinski definition) is 4. The monoisotopic (exact) mass is 295 g/mol. The van der Waals surface area contributed by atoms with E-state index in [9.17, 15) is 9.90 Å². The molecule has 2 N–H and O–H groups in total. The van der Waals surface area contributed by atoms with Gasteiger partial charge in [0.1, 0.15) is 5.54 Å². The molecular formula is C16H29N3O2. The summed E-state index contributed by atoms with van der Waals surface area (Å²) in [4.78, 5) is 16.6. The third-order valence-corrected chi connectivity index (χ3v) is 5.19. The summed E-state index contributed by atoms with van der Waals surface area (Å²) in [5, 5.41) is 12.8. The number of carboxylic acid groups (broad SMARTS) is 1. The number of carbonyl (C=O) groups is 1. The Hall–Kier alpha value is -0.650. The van der Waals surface area contributed by atoms with Crippen molar-refractivity contribution in [3.63, 3.8) is 0 Å². The Morgan fingerprint density at radius 1 is 1.19 bits per heavy atom. The van der Waals surface area contributed by atoms with E-state index in [1.165, 1.54) is 25.9 Å². The molecule has 0 spiro atoms. The second-order valence-electron chi connectivity index (χ2n) is 7.27. The van der Waals surface area contributed by atoms with Crippen molar-refractivity contribution in [2.75, 3.05) is 32.7 Å². The Morgan fingerprint density at radius 3 is 2.38 bits per heavy atom. The van der Waals surface area contributed by atoms with Crippen molar-refractivity contribution in [1.29, 1.82) is 0 Å². The smallest absolute Gasteiger partial charge is 0.323 e. The van der Waals surface area contributed by atoms with Gasteiger partial charge in [-0.05, 0) is 52.0 Å². The van der Waals surface area contributed by atoms with Crippen LogP contribution >= 0.6 is 0 Å². The minimum absolute atomic E-state index is 0.438. The zero-order valence-corrected chi connectivity index (χ0v) is 13.2. The molecule has 3 aliphatic rings. The lowest BCUT2D eigenvalue weighted by Crippen LogP contribution is -2.51. The van der Waals surface area contributed by atoms with Gasteiger partial charge >= 0.3 is 5.97 Å². The second-order valence-corrected chi connectivity index (χ2v) is 7.27. The van der Waals surface area contributed by atoms with Crippen LogP contribution in [0.15, 0.2) is 0 Å². The highest BCUT2D eigenvalue weighted by atomic mass is 16.4. The van der Waals surface area contributed by atoms with Gasteiger partial charge in [-0.15, -0.1) is 0 Å². The van der Waals surface area contributed by atoms with Crippen molar-refractivity contribution in [3.05, 3.63) is 0 Å². The molecule has 0 amide bonds. The fourth-order valence-corrected chi connectivity index (χ4v) is 3.37. The van der Waals surface area contributed by atoms with Crippen molar-refractivity contribution in [2.24, 2.45) is 0 Å². The maximum Gasteiger partial charge on any atom is 0.323 e. The molecule has 1 unspecified atom stereocenters. The normalized spacial score (nSPS) is 27.5. The summed E-state index contributed by atoms with van der Waals surface area (Å²) in [6.07, 6.45) is 6.74. The predicted octanol–water partition coefficient (Wildman–Crippen LogP) is 1.14. The number of carboxylic acids is 1. The molecule has 0 aromatic heterocycles. The number of aliphatic carboxylic acids is 1. The molecule has 0 radical (unpaired) electrons. The van der Waals surface area contributed by atoms with Crippen LogP contribution in [0.25, 0.3) is 0 Å². The van der Waals surface area contributed by atoms with Crippen molar-refractivity contribution in [2.45, 2.75) is 63.1 Å². The van der Waals surface area contributed by atoms with E-state index < -0.39 is 11.5 Å². The summed E-state index contributed by atoms with van der Waals surface area (Å²) in [5.41, 5.74) is -0.739. The first kappa shape index (κ1) is 15.3. The number of hydrogen-bond donors (Lipinski definition) is 2. The van der Waals surface area contributed by atoms with E-state index >= 15 is 0 Å². The van der Waals surface area contributed by atoms with Gasteiger partial charge in [-0.3, -0.25) is 15.0 Å². The van der Waals surface area contributed by atoms with E-state index in [1.807, 2.05) is 6.92 Å². The summed E-state index contributed by atoms with van der Waals surface area (Å²) in [6, 6.07) is 1.32. The Kier molecular flexibility index (Phi) is 4.52. The summed E-state index contributed by atoms with van der Waals surface area (Å²) in [6.45, 7) is 7.57. The molecule has 2 saturated carbocycles. The summed E-state index contributed by atoms with van der Waals surface area (Å²) < 4.78 is 0. The standard InChI is InChI=1S/C16H29N3O2/c1-16(15(20)21,17-13-3-4-13)7-2-8-18-9-11-19(12-10-18)14-5-6-14/h13-14,17H,2-12H2,1H3,(H,20,21). The van der Waals surface area contributed by atoms with E-state index in [-0.39, 0.29) is 0 Å². The van der Waals surface area contributed by atoms with Crippen LogP contribution in [0.4, 0.5) is 0 Å². The summed E-state index contributed by atoms with van der Waals surface area (Å²) in [7, 11) is 0. The van der Waals surface area contributed by atoms with Crippen LogP contribution in [-0.4, -0.2) is 71.2 Å². The molecule has 21 heavy (non-hydrogen) atoms. The molecule has 5 nitrogen and oxygen atoms in total. The van der Waals surface area contributed by atoms with Crippen LogP contribution in [0.5, 0.6) is 0 Å². The van der Waals surface area contributed by atoms with Crippen LogP contribution in [0.3, 0.4) is 0 Å². The minimum atomic E-state index is -0.739. The predicted molar refractivity (Wildman–Crippen MR) is 82.5 cm³/mol. The van der Waals surface area contributed by atoms with E-state index in [0.29, 0.717) is 6.04 Å². The number of piperazine rings is 1. The highest BCUT2D eigenvalue weighted by Gasteiger charge is 2.38. The molecule has 0 aromatic carbocycles. The summed E-state index contributed by atoms with van der Waals surface area (Å²) >= 11 is 0. The van der Waals surface area contributed by atoms with Crippen molar-refractivity contribution in [3.8, 4) is 0 Å². The fraction of sp³-hybridized carbons (Fsp3) is 0.938. The molecule has 1 aliphatic heterocycles. The van der Waals surface area contributed by atoms with Gasteiger partial charge in [0.15, 0.2) is 0 Å². The minimum Gasteiger partial charge on any atom is -0.480 e. The van der Waals surface area contributed by atoms with Crippen molar-refractivity contribution < 1.29 is 9.90 Å². The lowest BCUT2D eigenvalue weighted by molar-refractivity contribution is -0.144. The van der Waals surface area contributed by atoms with Crippen LogP contribution in [-0.2, 0) is 4.79 Å². The molecule has 1 saturated heterocycles. The average Bonchev–Trinajstić information content (AvgIpc) is 3.33. The van der Waals surface area contributed by atoms with Gasteiger partial charge in [-0.2, -0.15) is 0 Å². The van der Waals surface area contributed by atoms with E-state index in [1.54, 1.807) is 0 Å². The molecule has 1 atom stereocenters. The first-order valence-electron chi connectivity index (χ1n) is 8.54. The van der Waals surface area contributed by atoms with E-state index in [4.69, 9.17) is 0 Å². The fourth-order valence-electron chi connectivity index (χ4n) is 3.37. The van der Waals surface area contributed by atoms with Gasteiger partial charge in [-0.25, -0.2) is 0 Å². The van der Waals surface area contributed by atoms with Gasteiger partial charge in [0.05, 0.1) is 0 Å². The summed E-state index contributed by atoms with van der Waals surface area (Å²) in [5.74, 6) is -0.701.